The molecule has 1 heterocycles. The highest BCUT2D eigenvalue weighted by molar-refractivity contribution is 5.99. The Hall–Kier alpha value is -1.31. The largest absolute Gasteiger partial charge is 0.493 e. The number of ketones is 1. The van der Waals surface area contributed by atoms with Crippen LogP contribution in [-0.4, -0.2) is 12.4 Å². The SMILES string of the molecule is CCCCCCCCC(=O)c1cccc2c1OCCC2. The van der Waals surface area contributed by atoms with E-state index in [1.165, 1.54) is 37.7 Å². The summed E-state index contributed by atoms with van der Waals surface area (Å²) >= 11 is 0. The van der Waals surface area contributed by atoms with E-state index in [9.17, 15) is 4.79 Å². The Morgan fingerprint density at radius 1 is 1.15 bits per heavy atom. The molecule has 2 rings (SSSR count). The summed E-state index contributed by atoms with van der Waals surface area (Å²) in [5, 5.41) is 0. The number of hydrogen-bond donors (Lipinski definition) is 0. The van der Waals surface area contributed by atoms with Crippen molar-refractivity contribution in [2.24, 2.45) is 0 Å². The Morgan fingerprint density at radius 2 is 1.95 bits per heavy atom. The van der Waals surface area contributed by atoms with Crippen LogP contribution in [0.4, 0.5) is 0 Å². The molecule has 110 valence electrons. The van der Waals surface area contributed by atoms with Crippen LogP contribution < -0.4 is 4.74 Å². The highest BCUT2D eigenvalue weighted by Gasteiger charge is 2.18. The van der Waals surface area contributed by atoms with Gasteiger partial charge in [-0.3, -0.25) is 4.79 Å². The Bertz CT molecular complexity index is 437. The van der Waals surface area contributed by atoms with Gasteiger partial charge in [0.25, 0.3) is 0 Å². The molecule has 0 fully saturated rings. The minimum Gasteiger partial charge on any atom is -0.493 e. The molecule has 1 aliphatic rings. The molecule has 0 N–H and O–H groups in total. The number of fused-ring (bicyclic) bond motifs is 1. The van der Waals surface area contributed by atoms with Gasteiger partial charge in [-0.2, -0.15) is 0 Å². The first kappa shape index (κ1) is 15.1. The third-order valence-corrected chi connectivity index (χ3v) is 3.99. The van der Waals surface area contributed by atoms with Gasteiger partial charge < -0.3 is 4.74 Å². The van der Waals surface area contributed by atoms with Gasteiger partial charge in [0.1, 0.15) is 5.75 Å². The van der Waals surface area contributed by atoms with Crippen molar-refractivity contribution >= 4 is 5.78 Å². The summed E-state index contributed by atoms with van der Waals surface area (Å²) in [7, 11) is 0. The Morgan fingerprint density at radius 3 is 2.80 bits per heavy atom. The normalized spacial score (nSPS) is 13.7. The molecule has 0 aliphatic carbocycles. The Labute approximate surface area is 122 Å². The van der Waals surface area contributed by atoms with Gasteiger partial charge in [0.15, 0.2) is 5.78 Å². The fourth-order valence-electron chi connectivity index (χ4n) is 2.81. The molecular formula is C18H26O2. The molecule has 1 aromatic rings. The summed E-state index contributed by atoms with van der Waals surface area (Å²) in [5.41, 5.74) is 2.00. The zero-order valence-electron chi connectivity index (χ0n) is 12.6. The smallest absolute Gasteiger partial charge is 0.166 e. The number of para-hydroxylation sites is 1. The van der Waals surface area contributed by atoms with Crippen LogP contribution in [0.2, 0.25) is 0 Å². The number of Topliss-reactive ketones (excluding diaryl/α,β-unsaturated/α-hetero) is 1. The van der Waals surface area contributed by atoms with E-state index in [0.717, 1.165) is 37.2 Å². The van der Waals surface area contributed by atoms with Crippen LogP contribution in [0.3, 0.4) is 0 Å². The van der Waals surface area contributed by atoms with E-state index < -0.39 is 0 Å². The van der Waals surface area contributed by atoms with Gasteiger partial charge in [-0.25, -0.2) is 0 Å². The summed E-state index contributed by atoms with van der Waals surface area (Å²) in [6, 6.07) is 5.99. The van der Waals surface area contributed by atoms with Crippen LogP contribution in [0, 0.1) is 0 Å². The monoisotopic (exact) mass is 274 g/mol. The van der Waals surface area contributed by atoms with E-state index in [2.05, 4.69) is 13.0 Å². The average Bonchev–Trinajstić information content (AvgIpc) is 2.50. The predicted molar refractivity (Wildman–Crippen MR) is 82.6 cm³/mol. The van der Waals surface area contributed by atoms with E-state index in [1.807, 2.05) is 12.1 Å². The van der Waals surface area contributed by atoms with Crippen molar-refractivity contribution in [3.8, 4) is 5.75 Å². The second kappa shape index (κ2) is 8.08. The minimum absolute atomic E-state index is 0.249. The molecule has 0 bridgehead atoms. The van der Waals surface area contributed by atoms with Crippen molar-refractivity contribution in [2.45, 2.75) is 64.7 Å². The third kappa shape index (κ3) is 4.09. The predicted octanol–water partition coefficient (Wildman–Crippen LogP) is 4.94. The number of ether oxygens (including phenoxy) is 1. The number of unbranched alkanes of at least 4 members (excludes halogenated alkanes) is 5. The first-order chi connectivity index (χ1) is 9.83. The quantitative estimate of drug-likeness (QED) is 0.495. The van der Waals surface area contributed by atoms with E-state index in [-0.39, 0.29) is 5.78 Å². The van der Waals surface area contributed by atoms with Crippen LogP contribution in [0.5, 0.6) is 5.75 Å². The number of hydrogen-bond acceptors (Lipinski definition) is 2. The van der Waals surface area contributed by atoms with Crippen LogP contribution in [-0.2, 0) is 6.42 Å². The molecule has 0 aromatic heterocycles. The fourth-order valence-corrected chi connectivity index (χ4v) is 2.81. The van der Waals surface area contributed by atoms with Gasteiger partial charge in [0.05, 0.1) is 12.2 Å². The zero-order chi connectivity index (χ0) is 14.2. The lowest BCUT2D eigenvalue weighted by atomic mass is 9.97. The van der Waals surface area contributed by atoms with Gasteiger partial charge in [-0.15, -0.1) is 0 Å². The molecule has 20 heavy (non-hydrogen) atoms. The molecule has 0 saturated carbocycles. The summed E-state index contributed by atoms with van der Waals surface area (Å²) in [6.07, 6.45) is 10.1. The Kier molecular flexibility index (Phi) is 6.10. The van der Waals surface area contributed by atoms with Gasteiger partial charge in [0, 0.05) is 6.42 Å². The van der Waals surface area contributed by atoms with E-state index in [1.54, 1.807) is 0 Å². The lowest BCUT2D eigenvalue weighted by Crippen LogP contribution is -2.12. The van der Waals surface area contributed by atoms with Gasteiger partial charge >= 0.3 is 0 Å². The lowest BCUT2D eigenvalue weighted by molar-refractivity contribution is 0.0974. The topological polar surface area (TPSA) is 26.3 Å². The number of benzene rings is 1. The molecule has 2 heteroatoms. The minimum atomic E-state index is 0.249. The molecule has 0 atom stereocenters. The van der Waals surface area contributed by atoms with Crippen LogP contribution >= 0.6 is 0 Å². The molecule has 1 aromatic carbocycles. The first-order valence-electron chi connectivity index (χ1n) is 8.11. The summed E-state index contributed by atoms with van der Waals surface area (Å²) in [6.45, 7) is 2.97. The van der Waals surface area contributed by atoms with E-state index >= 15 is 0 Å². The molecule has 0 amide bonds. The second-order valence-corrected chi connectivity index (χ2v) is 5.69. The van der Waals surface area contributed by atoms with Crippen molar-refractivity contribution in [2.75, 3.05) is 6.61 Å². The molecular weight excluding hydrogens is 248 g/mol. The van der Waals surface area contributed by atoms with Crippen molar-refractivity contribution in [3.63, 3.8) is 0 Å². The summed E-state index contributed by atoms with van der Waals surface area (Å²) < 4.78 is 5.71. The van der Waals surface area contributed by atoms with Gasteiger partial charge in [-0.05, 0) is 30.9 Å². The first-order valence-corrected chi connectivity index (χ1v) is 8.11. The average molecular weight is 274 g/mol. The molecule has 0 spiro atoms. The van der Waals surface area contributed by atoms with Crippen LogP contribution in [0.15, 0.2) is 18.2 Å². The summed E-state index contributed by atoms with van der Waals surface area (Å²) in [5.74, 6) is 1.11. The van der Waals surface area contributed by atoms with Crippen LogP contribution in [0.1, 0.15) is 74.2 Å². The van der Waals surface area contributed by atoms with Gasteiger partial charge in [-0.1, -0.05) is 51.2 Å². The standard InChI is InChI=1S/C18H26O2/c1-2-3-4-5-6-7-13-17(19)16-12-8-10-15-11-9-14-20-18(15)16/h8,10,12H,2-7,9,11,13-14H2,1H3. The molecule has 0 radical (unpaired) electrons. The molecule has 1 aliphatic heterocycles. The highest BCUT2D eigenvalue weighted by Crippen LogP contribution is 2.30. The lowest BCUT2D eigenvalue weighted by Gasteiger charge is -2.19. The maximum atomic E-state index is 12.3. The van der Waals surface area contributed by atoms with E-state index in [0.29, 0.717) is 6.42 Å². The zero-order valence-corrected chi connectivity index (χ0v) is 12.6. The highest BCUT2D eigenvalue weighted by atomic mass is 16.5. The van der Waals surface area contributed by atoms with Crippen LogP contribution in [0.25, 0.3) is 0 Å². The third-order valence-electron chi connectivity index (χ3n) is 3.99. The van der Waals surface area contributed by atoms with E-state index in [4.69, 9.17) is 4.74 Å². The number of carbonyl (C=O) groups excluding carboxylic acids is 1. The molecule has 2 nitrogen and oxygen atoms in total. The maximum Gasteiger partial charge on any atom is 0.166 e. The second-order valence-electron chi connectivity index (χ2n) is 5.69. The number of carbonyl (C=O) groups is 1. The van der Waals surface area contributed by atoms with Crippen molar-refractivity contribution in [1.82, 2.24) is 0 Å². The Balaban J connectivity index is 1.83. The maximum absolute atomic E-state index is 12.3. The summed E-state index contributed by atoms with van der Waals surface area (Å²) in [4.78, 5) is 12.3. The van der Waals surface area contributed by atoms with Crippen molar-refractivity contribution in [1.29, 1.82) is 0 Å². The molecule has 0 saturated heterocycles. The fraction of sp³-hybridized carbons (Fsp3) is 0.611. The molecule has 0 unspecified atom stereocenters. The number of aryl methyl sites for hydroxylation is 1. The van der Waals surface area contributed by atoms with Crippen molar-refractivity contribution in [3.05, 3.63) is 29.3 Å². The van der Waals surface area contributed by atoms with Crippen molar-refractivity contribution < 1.29 is 9.53 Å². The number of rotatable bonds is 8. The van der Waals surface area contributed by atoms with Gasteiger partial charge in [0.2, 0.25) is 0 Å².